The Morgan fingerprint density at radius 2 is 1.95 bits per heavy atom. The van der Waals surface area contributed by atoms with Crippen molar-refractivity contribution in [2.45, 2.75) is 32.1 Å². The highest BCUT2D eigenvalue weighted by molar-refractivity contribution is 5.80. The van der Waals surface area contributed by atoms with Crippen LogP contribution >= 0.6 is 0 Å². The lowest BCUT2D eigenvalue weighted by Gasteiger charge is -2.30. The monoisotopic (exact) mass is 282 g/mol. The van der Waals surface area contributed by atoms with Crippen molar-refractivity contribution in [3.05, 3.63) is 0 Å². The van der Waals surface area contributed by atoms with Gasteiger partial charge in [0.25, 0.3) is 0 Å². The van der Waals surface area contributed by atoms with Crippen molar-refractivity contribution >= 4 is 11.9 Å². The van der Waals surface area contributed by atoms with Crippen LogP contribution in [0, 0.1) is 17.8 Å². The molecule has 0 aromatic rings. The zero-order valence-corrected chi connectivity index (χ0v) is 12.5. The smallest absolute Gasteiger partial charge is 0.306 e. The number of carbonyl (C=O) groups is 2. The molecule has 0 aromatic carbocycles. The van der Waals surface area contributed by atoms with Crippen molar-refractivity contribution < 1.29 is 14.7 Å². The molecule has 5 heteroatoms. The van der Waals surface area contributed by atoms with Crippen LogP contribution in [-0.4, -0.2) is 60.5 Å². The van der Waals surface area contributed by atoms with Gasteiger partial charge in [0.2, 0.25) is 5.91 Å². The Morgan fingerprint density at radius 3 is 2.55 bits per heavy atom. The zero-order chi connectivity index (χ0) is 14.7. The molecule has 1 saturated carbocycles. The number of carbonyl (C=O) groups excluding carboxylic acids is 1. The van der Waals surface area contributed by atoms with Crippen LogP contribution in [0.15, 0.2) is 0 Å². The molecule has 5 nitrogen and oxygen atoms in total. The summed E-state index contributed by atoms with van der Waals surface area (Å²) < 4.78 is 0. The van der Waals surface area contributed by atoms with Gasteiger partial charge in [0.05, 0.1) is 5.92 Å². The van der Waals surface area contributed by atoms with Gasteiger partial charge < -0.3 is 14.9 Å². The first-order valence-electron chi connectivity index (χ1n) is 7.63. The van der Waals surface area contributed by atoms with Crippen molar-refractivity contribution in [2.75, 3.05) is 33.7 Å². The molecule has 114 valence electrons. The van der Waals surface area contributed by atoms with Crippen LogP contribution in [0.5, 0.6) is 0 Å². The fourth-order valence-corrected chi connectivity index (χ4v) is 3.60. The van der Waals surface area contributed by atoms with Gasteiger partial charge in [-0.2, -0.15) is 0 Å². The van der Waals surface area contributed by atoms with Gasteiger partial charge in [0.1, 0.15) is 0 Å². The topological polar surface area (TPSA) is 60.9 Å². The van der Waals surface area contributed by atoms with E-state index in [4.69, 9.17) is 5.11 Å². The van der Waals surface area contributed by atoms with Crippen molar-refractivity contribution in [3.63, 3.8) is 0 Å². The van der Waals surface area contributed by atoms with Gasteiger partial charge in [-0.15, -0.1) is 0 Å². The highest BCUT2D eigenvalue weighted by Gasteiger charge is 2.33. The first-order chi connectivity index (χ1) is 9.47. The second-order valence-corrected chi connectivity index (χ2v) is 6.53. The van der Waals surface area contributed by atoms with Crippen molar-refractivity contribution in [1.82, 2.24) is 9.80 Å². The standard InChI is InChI=1S/C15H26N2O3/c1-16-7-6-11(9-16)10-17(2)14(18)12-4-3-5-13(8-12)15(19)20/h11-13H,3-10H2,1-2H3,(H,19,20). The minimum atomic E-state index is -0.748. The molecule has 1 aliphatic heterocycles. The molecular weight excluding hydrogens is 256 g/mol. The van der Waals surface area contributed by atoms with Crippen LogP contribution in [0.4, 0.5) is 0 Å². The van der Waals surface area contributed by atoms with Crippen LogP contribution in [0.3, 0.4) is 0 Å². The molecule has 0 spiro atoms. The maximum absolute atomic E-state index is 12.5. The van der Waals surface area contributed by atoms with Crippen LogP contribution in [0.2, 0.25) is 0 Å². The van der Waals surface area contributed by atoms with Crippen molar-refractivity contribution in [1.29, 1.82) is 0 Å². The van der Waals surface area contributed by atoms with Gasteiger partial charge >= 0.3 is 5.97 Å². The van der Waals surface area contributed by atoms with E-state index in [-0.39, 0.29) is 17.7 Å². The van der Waals surface area contributed by atoms with Crippen LogP contribution in [-0.2, 0) is 9.59 Å². The molecule has 3 unspecified atom stereocenters. The maximum atomic E-state index is 12.5. The van der Waals surface area contributed by atoms with E-state index < -0.39 is 5.97 Å². The summed E-state index contributed by atoms with van der Waals surface area (Å²) in [6.07, 6.45) is 4.08. The molecule has 1 saturated heterocycles. The second-order valence-electron chi connectivity index (χ2n) is 6.53. The van der Waals surface area contributed by atoms with Crippen LogP contribution < -0.4 is 0 Å². The summed E-state index contributed by atoms with van der Waals surface area (Å²) in [6, 6.07) is 0. The minimum Gasteiger partial charge on any atom is -0.481 e. The molecular formula is C15H26N2O3. The van der Waals surface area contributed by atoms with E-state index in [2.05, 4.69) is 11.9 Å². The van der Waals surface area contributed by atoms with E-state index in [1.54, 1.807) is 0 Å². The minimum absolute atomic E-state index is 0.0889. The van der Waals surface area contributed by atoms with E-state index in [9.17, 15) is 9.59 Å². The lowest BCUT2D eigenvalue weighted by atomic mass is 9.80. The van der Waals surface area contributed by atoms with Crippen molar-refractivity contribution in [2.24, 2.45) is 17.8 Å². The first kappa shape index (κ1) is 15.3. The molecule has 0 bridgehead atoms. The Kier molecular flexibility index (Phi) is 5.02. The summed E-state index contributed by atoms with van der Waals surface area (Å²) >= 11 is 0. The Morgan fingerprint density at radius 1 is 1.25 bits per heavy atom. The molecule has 1 aliphatic carbocycles. The summed E-state index contributed by atoms with van der Waals surface area (Å²) in [5.74, 6) is -0.460. The largest absolute Gasteiger partial charge is 0.481 e. The number of carboxylic acids is 1. The number of carboxylic acid groups (broad SMARTS) is 1. The van der Waals surface area contributed by atoms with E-state index >= 15 is 0 Å². The Balaban J connectivity index is 1.84. The van der Waals surface area contributed by atoms with Crippen LogP contribution in [0.25, 0.3) is 0 Å². The van der Waals surface area contributed by atoms with E-state index in [0.717, 1.165) is 45.3 Å². The maximum Gasteiger partial charge on any atom is 0.306 e. The molecule has 1 heterocycles. The van der Waals surface area contributed by atoms with Gasteiger partial charge in [0.15, 0.2) is 0 Å². The quantitative estimate of drug-likeness (QED) is 0.844. The second kappa shape index (κ2) is 6.57. The predicted octanol–water partition coefficient (Wildman–Crippen LogP) is 1.29. The van der Waals surface area contributed by atoms with Gasteiger partial charge in [-0.1, -0.05) is 6.42 Å². The summed E-state index contributed by atoms with van der Waals surface area (Å²) in [4.78, 5) is 27.7. The average Bonchev–Trinajstić information content (AvgIpc) is 2.83. The lowest BCUT2D eigenvalue weighted by molar-refractivity contribution is -0.145. The zero-order valence-electron chi connectivity index (χ0n) is 12.5. The summed E-state index contributed by atoms with van der Waals surface area (Å²) in [5, 5.41) is 9.10. The van der Waals surface area contributed by atoms with Gasteiger partial charge in [-0.05, 0) is 45.2 Å². The lowest BCUT2D eigenvalue weighted by Crippen LogP contribution is -2.39. The third-order valence-electron chi connectivity index (χ3n) is 4.77. The molecule has 0 aromatic heterocycles. The van der Waals surface area contributed by atoms with Gasteiger partial charge in [-0.3, -0.25) is 9.59 Å². The molecule has 2 rings (SSSR count). The number of amides is 1. The average molecular weight is 282 g/mol. The number of rotatable bonds is 4. The first-order valence-corrected chi connectivity index (χ1v) is 7.63. The van der Waals surface area contributed by atoms with Crippen molar-refractivity contribution in [3.8, 4) is 0 Å². The third kappa shape index (κ3) is 3.72. The summed E-state index contributed by atoms with van der Waals surface area (Å²) in [6.45, 7) is 2.97. The fraction of sp³-hybridized carbons (Fsp3) is 0.867. The van der Waals surface area contributed by atoms with E-state index in [0.29, 0.717) is 12.3 Å². The Bertz CT molecular complexity index is 372. The summed E-state index contributed by atoms with van der Waals surface area (Å²) in [5.41, 5.74) is 0. The molecule has 2 fully saturated rings. The Labute approximate surface area is 120 Å². The molecule has 2 aliphatic rings. The SMILES string of the molecule is CN1CCC(CN(C)C(=O)C2CCCC(C(=O)O)C2)C1. The highest BCUT2D eigenvalue weighted by atomic mass is 16.4. The molecule has 1 N–H and O–H groups in total. The number of hydrogen-bond acceptors (Lipinski definition) is 3. The van der Waals surface area contributed by atoms with Gasteiger partial charge in [-0.25, -0.2) is 0 Å². The number of hydrogen-bond donors (Lipinski definition) is 1. The molecule has 3 atom stereocenters. The predicted molar refractivity (Wildman–Crippen MR) is 76.3 cm³/mol. The van der Waals surface area contributed by atoms with Crippen LogP contribution in [0.1, 0.15) is 32.1 Å². The fourth-order valence-electron chi connectivity index (χ4n) is 3.60. The van der Waals surface area contributed by atoms with E-state index in [1.165, 1.54) is 0 Å². The Hall–Kier alpha value is -1.10. The highest BCUT2D eigenvalue weighted by Crippen LogP contribution is 2.30. The van der Waals surface area contributed by atoms with Gasteiger partial charge in [0, 0.05) is 26.1 Å². The normalized spacial score (nSPS) is 31.2. The number of nitrogens with zero attached hydrogens (tertiary/aromatic N) is 2. The summed E-state index contributed by atoms with van der Waals surface area (Å²) in [7, 11) is 3.98. The van der Waals surface area contributed by atoms with E-state index in [1.807, 2.05) is 11.9 Å². The molecule has 20 heavy (non-hydrogen) atoms. The number of aliphatic carboxylic acids is 1. The molecule has 1 amide bonds. The molecule has 0 radical (unpaired) electrons. The number of likely N-dealkylation sites (tertiary alicyclic amines) is 1. The third-order valence-corrected chi connectivity index (χ3v) is 4.77.